The fraction of sp³-hybridized carbons (Fsp3) is 0.409. The number of likely N-dealkylation sites (N-methyl/N-ethyl adjacent to an activating group) is 1. The van der Waals surface area contributed by atoms with E-state index in [1.807, 2.05) is 30.3 Å². The Bertz CT molecular complexity index is 961. The van der Waals surface area contributed by atoms with Gasteiger partial charge in [0.25, 0.3) is 0 Å². The molecule has 0 amide bonds. The van der Waals surface area contributed by atoms with Crippen LogP contribution < -0.4 is 4.90 Å². The minimum Gasteiger partial charge on any atom is -0.369 e. The maximum Gasteiger partial charge on any atom is 0.320 e. The zero-order chi connectivity index (χ0) is 20.4. The van der Waals surface area contributed by atoms with Gasteiger partial charge in [0.15, 0.2) is 0 Å². The van der Waals surface area contributed by atoms with Crippen molar-refractivity contribution >= 4 is 16.7 Å². The first-order valence-electron chi connectivity index (χ1n) is 10.0. The minimum absolute atomic E-state index is 0.313. The van der Waals surface area contributed by atoms with Gasteiger partial charge in [-0.3, -0.25) is 9.47 Å². The molecular formula is C22H27F2N5. The zero-order valence-electron chi connectivity index (χ0n) is 16.9. The smallest absolute Gasteiger partial charge is 0.320 e. The summed E-state index contributed by atoms with van der Waals surface area (Å²) in [5, 5.41) is 0. The lowest BCUT2D eigenvalue weighted by molar-refractivity contribution is 0.0764. The van der Waals surface area contributed by atoms with Crippen LogP contribution in [0.5, 0.6) is 0 Å². The minimum atomic E-state index is -2.64. The number of imidazole rings is 1. The van der Waals surface area contributed by atoms with Crippen LogP contribution in [0.3, 0.4) is 0 Å². The number of aromatic nitrogens is 2. The number of anilines is 1. The molecule has 0 radical (unpaired) electrons. The summed E-state index contributed by atoms with van der Waals surface area (Å²) in [6.45, 7) is 3.37. The molecule has 4 rings (SSSR count). The average Bonchev–Trinajstić information content (AvgIpc) is 3.13. The molecule has 0 aliphatic carbocycles. The van der Waals surface area contributed by atoms with Crippen LogP contribution in [0.1, 0.15) is 6.55 Å². The SMILES string of the molecule is CN(C)CCN1CCN(c2cccc(-c3nc4ccccc4n3C(F)F)c2)CC1. The molecule has 1 fully saturated rings. The van der Waals surface area contributed by atoms with Crippen LogP contribution >= 0.6 is 0 Å². The number of para-hydroxylation sites is 2. The predicted molar refractivity (Wildman–Crippen MR) is 114 cm³/mol. The van der Waals surface area contributed by atoms with E-state index in [2.05, 4.69) is 33.8 Å². The highest BCUT2D eigenvalue weighted by atomic mass is 19.3. The highest BCUT2D eigenvalue weighted by molar-refractivity contribution is 5.81. The van der Waals surface area contributed by atoms with E-state index in [9.17, 15) is 8.78 Å². The van der Waals surface area contributed by atoms with Crippen molar-refractivity contribution in [1.82, 2.24) is 19.4 Å². The molecule has 3 aromatic rings. The Balaban J connectivity index is 1.56. The van der Waals surface area contributed by atoms with Crippen LogP contribution in [0.15, 0.2) is 48.5 Å². The largest absolute Gasteiger partial charge is 0.369 e. The average molecular weight is 399 g/mol. The first-order chi connectivity index (χ1) is 14.0. The van der Waals surface area contributed by atoms with E-state index in [4.69, 9.17) is 0 Å². The molecule has 5 nitrogen and oxygen atoms in total. The summed E-state index contributed by atoms with van der Waals surface area (Å²) in [5.74, 6) is 0.313. The van der Waals surface area contributed by atoms with Gasteiger partial charge in [-0.05, 0) is 38.4 Å². The Morgan fingerprint density at radius 2 is 1.76 bits per heavy atom. The van der Waals surface area contributed by atoms with Gasteiger partial charge in [-0.25, -0.2) is 4.98 Å². The first kappa shape index (κ1) is 19.8. The van der Waals surface area contributed by atoms with Crippen molar-refractivity contribution in [2.45, 2.75) is 6.55 Å². The van der Waals surface area contributed by atoms with Crippen molar-refractivity contribution in [3.05, 3.63) is 48.5 Å². The Hall–Kier alpha value is -2.51. The molecule has 0 spiro atoms. The second kappa shape index (κ2) is 8.47. The van der Waals surface area contributed by atoms with E-state index in [1.54, 1.807) is 18.2 Å². The number of hydrogen-bond donors (Lipinski definition) is 0. The lowest BCUT2D eigenvalue weighted by Gasteiger charge is -2.36. The molecule has 1 aliphatic heterocycles. The fourth-order valence-electron chi connectivity index (χ4n) is 3.86. The lowest BCUT2D eigenvalue weighted by Crippen LogP contribution is -2.48. The van der Waals surface area contributed by atoms with Gasteiger partial charge < -0.3 is 9.80 Å². The van der Waals surface area contributed by atoms with Gasteiger partial charge in [0.05, 0.1) is 11.0 Å². The molecule has 2 aromatic carbocycles. The summed E-state index contributed by atoms with van der Waals surface area (Å²) in [4.78, 5) is 11.5. The van der Waals surface area contributed by atoms with Crippen molar-refractivity contribution in [2.75, 3.05) is 58.3 Å². The molecule has 1 aliphatic rings. The van der Waals surface area contributed by atoms with Crippen LogP contribution in [0.2, 0.25) is 0 Å². The van der Waals surface area contributed by atoms with E-state index in [1.165, 1.54) is 0 Å². The third-order valence-electron chi connectivity index (χ3n) is 5.50. The van der Waals surface area contributed by atoms with Crippen molar-refractivity contribution in [1.29, 1.82) is 0 Å². The normalized spacial score (nSPS) is 15.7. The fourth-order valence-corrected chi connectivity index (χ4v) is 3.86. The van der Waals surface area contributed by atoms with Crippen LogP contribution in [0.4, 0.5) is 14.5 Å². The van der Waals surface area contributed by atoms with Crippen LogP contribution in [0.25, 0.3) is 22.4 Å². The second-order valence-electron chi connectivity index (χ2n) is 7.75. The van der Waals surface area contributed by atoms with Gasteiger partial charge in [0, 0.05) is 50.5 Å². The molecule has 1 saturated heterocycles. The summed E-state index contributed by atoms with van der Waals surface area (Å²) in [6.07, 6.45) is 0. The van der Waals surface area contributed by atoms with E-state index >= 15 is 0 Å². The summed E-state index contributed by atoms with van der Waals surface area (Å²) >= 11 is 0. The number of halogens is 2. The van der Waals surface area contributed by atoms with Crippen molar-refractivity contribution in [2.24, 2.45) is 0 Å². The molecule has 154 valence electrons. The van der Waals surface area contributed by atoms with Gasteiger partial charge in [0.2, 0.25) is 0 Å². The number of hydrogen-bond acceptors (Lipinski definition) is 4. The molecule has 0 atom stereocenters. The van der Waals surface area contributed by atoms with Crippen molar-refractivity contribution in [3.8, 4) is 11.4 Å². The van der Waals surface area contributed by atoms with Gasteiger partial charge in [-0.1, -0.05) is 24.3 Å². The van der Waals surface area contributed by atoms with E-state index in [-0.39, 0.29) is 0 Å². The Kier molecular flexibility index (Phi) is 5.78. The monoisotopic (exact) mass is 399 g/mol. The number of rotatable bonds is 6. The molecule has 29 heavy (non-hydrogen) atoms. The van der Waals surface area contributed by atoms with Gasteiger partial charge in [-0.15, -0.1) is 0 Å². The summed E-state index contributed by atoms with van der Waals surface area (Å²) in [7, 11) is 4.18. The zero-order valence-corrected chi connectivity index (χ0v) is 16.9. The summed E-state index contributed by atoms with van der Waals surface area (Å²) in [5.41, 5.74) is 2.82. The topological polar surface area (TPSA) is 27.5 Å². The number of alkyl halides is 2. The van der Waals surface area contributed by atoms with Crippen LogP contribution in [-0.2, 0) is 0 Å². The number of piperazine rings is 1. The Morgan fingerprint density at radius 1 is 1.00 bits per heavy atom. The Labute approximate surface area is 170 Å². The molecule has 0 bridgehead atoms. The van der Waals surface area contributed by atoms with Crippen LogP contribution in [-0.4, -0.2) is 72.7 Å². The Morgan fingerprint density at radius 3 is 2.48 bits per heavy atom. The summed E-state index contributed by atoms with van der Waals surface area (Å²) in [6, 6.07) is 14.9. The maximum atomic E-state index is 13.8. The van der Waals surface area contributed by atoms with Gasteiger partial charge >= 0.3 is 6.55 Å². The standard InChI is InChI=1S/C22H27F2N5/c1-26(2)10-11-27-12-14-28(15-13-27)18-7-5-6-17(16-18)21-25-19-8-3-4-9-20(19)29(21)22(23)24/h3-9,16,22H,10-15H2,1-2H3. The number of nitrogens with zero attached hydrogens (tertiary/aromatic N) is 5. The van der Waals surface area contributed by atoms with Gasteiger partial charge in [0.1, 0.15) is 5.82 Å². The number of benzene rings is 2. The highest BCUT2D eigenvalue weighted by Crippen LogP contribution is 2.31. The van der Waals surface area contributed by atoms with Crippen molar-refractivity contribution in [3.63, 3.8) is 0 Å². The molecule has 1 aromatic heterocycles. The lowest BCUT2D eigenvalue weighted by atomic mass is 10.1. The molecular weight excluding hydrogens is 372 g/mol. The molecule has 7 heteroatoms. The second-order valence-corrected chi connectivity index (χ2v) is 7.75. The van der Waals surface area contributed by atoms with Crippen molar-refractivity contribution < 1.29 is 8.78 Å². The molecule has 0 saturated carbocycles. The van der Waals surface area contributed by atoms with E-state index in [0.29, 0.717) is 22.4 Å². The highest BCUT2D eigenvalue weighted by Gasteiger charge is 2.21. The quantitative estimate of drug-likeness (QED) is 0.631. The van der Waals surface area contributed by atoms with E-state index in [0.717, 1.165) is 49.5 Å². The first-order valence-corrected chi connectivity index (χ1v) is 10.0. The van der Waals surface area contributed by atoms with Gasteiger partial charge in [-0.2, -0.15) is 8.78 Å². The third kappa shape index (κ3) is 4.26. The molecule has 0 unspecified atom stereocenters. The predicted octanol–water partition coefficient (Wildman–Crippen LogP) is 3.78. The third-order valence-corrected chi connectivity index (χ3v) is 5.50. The van der Waals surface area contributed by atoms with E-state index < -0.39 is 6.55 Å². The molecule has 2 heterocycles. The maximum absolute atomic E-state index is 13.8. The number of fused-ring (bicyclic) bond motifs is 1. The van der Waals surface area contributed by atoms with Crippen LogP contribution in [0, 0.1) is 0 Å². The molecule has 0 N–H and O–H groups in total. The summed E-state index contributed by atoms with van der Waals surface area (Å²) < 4.78 is 28.6.